The number of hydrogen-bond donors (Lipinski definition) is 2. The summed E-state index contributed by atoms with van der Waals surface area (Å²) in [5, 5.41) is 12.0. The van der Waals surface area contributed by atoms with E-state index in [1.165, 1.54) is 6.07 Å². The minimum atomic E-state index is -0.993. The van der Waals surface area contributed by atoms with Crippen LogP contribution >= 0.6 is 0 Å². The molecule has 18 heavy (non-hydrogen) atoms. The molecule has 0 aromatic carbocycles. The van der Waals surface area contributed by atoms with Crippen molar-refractivity contribution in [1.82, 2.24) is 9.97 Å². The highest BCUT2D eigenvalue weighted by Gasteiger charge is 2.09. The molecule has 92 valence electrons. The van der Waals surface area contributed by atoms with E-state index in [-0.39, 0.29) is 5.56 Å². The number of carboxylic acids is 1. The van der Waals surface area contributed by atoms with E-state index in [0.717, 1.165) is 11.3 Å². The van der Waals surface area contributed by atoms with Crippen molar-refractivity contribution in [2.24, 2.45) is 0 Å². The number of aromatic nitrogens is 2. The Bertz CT molecular complexity index is 552. The standard InChI is InChI=1S/C13H13N3O2/c1-9-4-5-10(7-15-9)8-16-12-11(13(17)18)3-2-6-14-12/h2-7H,8H2,1H3,(H,14,16)(H,17,18). The Morgan fingerprint density at radius 2 is 2.17 bits per heavy atom. The average Bonchev–Trinajstić information content (AvgIpc) is 2.38. The van der Waals surface area contributed by atoms with Crippen LogP contribution in [0.15, 0.2) is 36.7 Å². The molecule has 0 aliphatic rings. The number of rotatable bonds is 4. The fourth-order valence-corrected chi connectivity index (χ4v) is 1.51. The van der Waals surface area contributed by atoms with Gasteiger partial charge in [-0.2, -0.15) is 0 Å². The number of carbonyl (C=O) groups is 1. The summed E-state index contributed by atoms with van der Waals surface area (Å²) in [5.41, 5.74) is 2.09. The maximum Gasteiger partial charge on any atom is 0.339 e. The van der Waals surface area contributed by atoms with E-state index in [1.807, 2.05) is 19.1 Å². The molecule has 2 heterocycles. The van der Waals surface area contributed by atoms with Gasteiger partial charge in [-0.15, -0.1) is 0 Å². The van der Waals surface area contributed by atoms with Gasteiger partial charge in [0.2, 0.25) is 0 Å². The molecule has 5 heteroatoms. The third-order valence-corrected chi connectivity index (χ3v) is 2.47. The quantitative estimate of drug-likeness (QED) is 0.860. The summed E-state index contributed by atoms with van der Waals surface area (Å²) in [6.07, 6.45) is 3.31. The maximum absolute atomic E-state index is 11.0. The molecule has 0 aliphatic heterocycles. The van der Waals surface area contributed by atoms with Crippen molar-refractivity contribution in [3.05, 3.63) is 53.5 Å². The van der Waals surface area contributed by atoms with Gasteiger partial charge in [-0.05, 0) is 30.7 Å². The third-order valence-electron chi connectivity index (χ3n) is 2.47. The highest BCUT2D eigenvalue weighted by atomic mass is 16.4. The lowest BCUT2D eigenvalue weighted by molar-refractivity contribution is 0.0697. The molecule has 2 aromatic heterocycles. The lowest BCUT2D eigenvalue weighted by Crippen LogP contribution is -2.08. The molecule has 0 unspecified atom stereocenters. The summed E-state index contributed by atoms with van der Waals surface area (Å²) in [5.74, 6) is -0.627. The molecule has 0 fully saturated rings. The topological polar surface area (TPSA) is 75.1 Å². The van der Waals surface area contributed by atoms with Gasteiger partial charge < -0.3 is 10.4 Å². The second-order valence-electron chi connectivity index (χ2n) is 3.87. The monoisotopic (exact) mass is 243 g/mol. The Morgan fingerprint density at radius 1 is 1.33 bits per heavy atom. The summed E-state index contributed by atoms with van der Waals surface area (Å²) in [6, 6.07) is 6.97. The molecule has 0 saturated heterocycles. The van der Waals surface area contributed by atoms with Crippen molar-refractivity contribution in [3.63, 3.8) is 0 Å². The fourth-order valence-electron chi connectivity index (χ4n) is 1.51. The Morgan fingerprint density at radius 3 is 2.83 bits per heavy atom. The highest BCUT2D eigenvalue weighted by Crippen LogP contribution is 2.12. The lowest BCUT2D eigenvalue weighted by Gasteiger charge is -2.08. The summed E-state index contributed by atoms with van der Waals surface area (Å²) in [4.78, 5) is 19.2. The molecule has 2 aromatic rings. The van der Waals surface area contributed by atoms with Crippen LogP contribution in [-0.4, -0.2) is 21.0 Å². The minimum absolute atomic E-state index is 0.164. The number of hydrogen-bond acceptors (Lipinski definition) is 4. The van der Waals surface area contributed by atoms with Gasteiger partial charge >= 0.3 is 5.97 Å². The van der Waals surface area contributed by atoms with E-state index in [4.69, 9.17) is 5.11 Å². The van der Waals surface area contributed by atoms with Gasteiger partial charge in [0.05, 0.1) is 0 Å². The average molecular weight is 243 g/mol. The van der Waals surface area contributed by atoms with Gasteiger partial charge in [0.25, 0.3) is 0 Å². The zero-order valence-electron chi connectivity index (χ0n) is 9.92. The largest absolute Gasteiger partial charge is 0.478 e. The Labute approximate surface area is 105 Å². The van der Waals surface area contributed by atoms with E-state index >= 15 is 0 Å². The number of nitrogens with zero attached hydrogens (tertiary/aromatic N) is 2. The van der Waals surface area contributed by atoms with Crippen LogP contribution in [0, 0.1) is 6.92 Å². The molecule has 0 aliphatic carbocycles. The molecule has 2 N–H and O–H groups in total. The number of pyridine rings is 2. The van der Waals surface area contributed by atoms with Gasteiger partial charge in [-0.3, -0.25) is 4.98 Å². The molecule has 0 bridgehead atoms. The molecular formula is C13H13N3O2. The van der Waals surface area contributed by atoms with Crippen molar-refractivity contribution in [2.45, 2.75) is 13.5 Å². The molecule has 0 saturated carbocycles. The normalized spacial score (nSPS) is 10.1. The first-order valence-corrected chi connectivity index (χ1v) is 5.50. The predicted octanol–water partition coefficient (Wildman–Crippen LogP) is 2.10. The second-order valence-corrected chi connectivity index (χ2v) is 3.87. The van der Waals surface area contributed by atoms with E-state index < -0.39 is 5.97 Å². The molecular weight excluding hydrogens is 230 g/mol. The first-order valence-electron chi connectivity index (χ1n) is 5.50. The predicted molar refractivity (Wildman–Crippen MR) is 67.5 cm³/mol. The van der Waals surface area contributed by atoms with Gasteiger partial charge in [0.15, 0.2) is 0 Å². The number of aromatic carboxylic acids is 1. The number of anilines is 1. The Balaban J connectivity index is 2.10. The lowest BCUT2D eigenvalue weighted by atomic mass is 10.2. The van der Waals surface area contributed by atoms with Crippen molar-refractivity contribution >= 4 is 11.8 Å². The van der Waals surface area contributed by atoms with Crippen molar-refractivity contribution < 1.29 is 9.90 Å². The van der Waals surface area contributed by atoms with Crippen LogP contribution in [0.4, 0.5) is 5.82 Å². The van der Waals surface area contributed by atoms with Gasteiger partial charge in [-0.25, -0.2) is 9.78 Å². The molecule has 0 amide bonds. The van der Waals surface area contributed by atoms with Crippen molar-refractivity contribution in [1.29, 1.82) is 0 Å². The van der Waals surface area contributed by atoms with E-state index in [2.05, 4.69) is 15.3 Å². The van der Waals surface area contributed by atoms with Crippen molar-refractivity contribution in [3.8, 4) is 0 Å². The van der Waals surface area contributed by atoms with Gasteiger partial charge in [0, 0.05) is 24.6 Å². The van der Waals surface area contributed by atoms with Crippen LogP contribution in [0.25, 0.3) is 0 Å². The third kappa shape index (κ3) is 2.82. The van der Waals surface area contributed by atoms with Gasteiger partial charge in [0.1, 0.15) is 11.4 Å². The fraction of sp³-hybridized carbons (Fsp3) is 0.154. The Hall–Kier alpha value is -2.43. The number of carboxylic acid groups (broad SMARTS) is 1. The first-order chi connectivity index (χ1) is 8.66. The zero-order chi connectivity index (χ0) is 13.0. The molecule has 0 radical (unpaired) electrons. The van der Waals surface area contributed by atoms with Crippen molar-refractivity contribution in [2.75, 3.05) is 5.32 Å². The smallest absolute Gasteiger partial charge is 0.339 e. The zero-order valence-corrected chi connectivity index (χ0v) is 9.92. The van der Waals surface area contributed by atoms with Crippen LogP contribution in [0.5, 0.6) is 0 Å². The van der Waals surface area contributed by atoms with Gasteiger partial charge in [-0.1, -0.05) is 6.07 Å². The summed E-state index contributed by atoms with van der Waals surface area (Å²) < 4.78 is 0. The van der Waals surface area contributed by atoms with Crippen LogP contribution < -0.4 is 5.32 Å². The van der Waals surface area contributed by atoms with Crippen LogP contribution in [0.3, 0.4) is 0 Å². The highest BCUT2D eigenvalue weighted by molar-refractivity contribution is 5.92. The van der Waals surface area contributed by atoms with E-state index in [9.17, 15) is 4.79 Å². The second kappa shape index (κ2) is 5.27. The molecule has 5 nitrogen and oxygen atoms in total. The SMILES string of the molecule is Cc1ccc(CNc2ncccc2C(=O)O)cn1. The van der Waals surface area contributed by atoms with Crippen LogP contribution in [-0.2, 0) is 6.54 Å². The number of nitrogens with one attached hydrogen (secondary N) is 1. The Kier molecular flexibility index (Phi) is 3.52. The van der Waals surface area contributed by atoms with Crippen LogP contribution in [0.1, 0.15) is 21.6 Å². The minimum Gasteiger partial charge on any atom is -0.478 e. The van der Waals surface area contributed by atoms with E-state index in [0.29, 0.717) is 12.4 Å². The summed E-state index contributed by atoms with van der Waals surface area (Å²) in [7, 11) is 0. The summed E-state index contributed by atoms with van der Waals surface area (Å²) in [6.45, 7) is 2.41. The number of aryl methyl sites for hydroxylation is 1. The molecule has 2 rings (SSSR count). The molecule has 0 atom stereocenters. The molecule has 0 spiro atoms. The first kappa shape index (κ1) is 12.0. The maximum atomic E-state index is 11.0. The summed E-state index contributed by atoms with van der Waals surface area (Å²) >= 11 is 0. The van der Waals surface area contributed by atoms with E-state index in [1.54, 1.807) is 18.5 Å². The van der Waals surface area contributed by atoms with Crippen LogP contribution in [0.2, 0.25) is 0 Å².